The molecule has 0 unspecified atom stereocenters. The Balaban J connectivity index is 2.03. The largest absolute Gasteiger partial charge is 0.271 e. The highest BCUT2D eigenvalue weighted by Gasteiger charge is 2.12. The van der Waals surface area contributed by atoms with Gasteiger partial charge in [0.15, 0.2) is 0 Å². The Morgan fingerprint density at radius 3 is 2.14 bits per heavy atom. The molecule has 0 heterocycles. The van der Waals surface area contributed by atoms with Crippen molar-refractivity contribution in [2.45, 2.75) is 25.5 Å². The number of benzene rings is 2. The third kappa shape index (κ3) is 4.99. The maximum absolute atomic E-state index is 11.8. The molecule has 0 bridgehead atoms. The maximum atomic E-state index is 11.8. The molecule has 3 nitrogen and oxygen atoms in total. The zero-order valence-corrected chi connectivity index (χ0v) is 13.0. The van der Waals surface area contributed by atoms with Gasteiger partial charge in [-0.3, -0.25) is 4.18 Å². The molecule has 2 aromatic carbocycles. The first-order valence-electron chi connectivity index (χ1n) is 7.12. The summed E-state index contributed by atoms with van der Waals surface area (Å²) >= 11 is 0. The topological polar surface area (TPSA) is 43.4 Å². The lowest BCUT2D eigenvalue weighted by Crippen LogP contribution is -2.09. The molecule has 0 radical (unpaired) electrons. The minimum Gasteiger partial charge on any atom is -0.270 e. The number of unbranched alkanes of at least 4 members (excludes halogenated alkanes) is 1. The molecule has 0 amide bonds. The molecule has 0 aliphatic carbocycles. The van der Waals surface area contributed by atoms with E-state index in [2.05, 4.69) is 0 Å². The molecule has 0 saturated heterocycles. The van der Waals surface area contributed by atoms with Crippen molar-refractivity contribution in [3.8, 4) is 11.1 Å². The van der Waals surface area contributed by atoms with Crippen LogP contribution in [-0.2, 0) is 20.1 Å². The molecule has 21 heavy (non-hydrogen) atoms. The molecule has 2 rings (SSSR count). The third-order valence-electron chi connectivity index (χ3n) is 3.17. The molecular formula is C17H20O3S. The maximum Gasteiger partial charge on any atom is 0.271 e. The average Bonchev–Trinajstić information content (AvgIpc) is 2.49. The van der Waals surface area contributed by atoms with Crippen LogP contribution >= 0.6 is 0 Å². The van der Waals surface area contributed by atoms with Crippen LogP contribution in [0.1, 0.15) is 25.3 Å². The van der Waals surface area contributed by atoms with Gasteiger partial charge in [0, 0.05) is 0 Å². The van der Waals surface area contributed by atoms with Gasteiger partial charge >= 0.3 is 0 Å². The van der Waals surface area contributed by atoms with E-state index >= 15 is 0 Å². The van der Waals surface area contributed by atoms with Crippen molar-refractivity contribution >= 4 is 10.1 Å². The van der Waals surface area contributed by atoms with Gasteiger partial charge in [-0.1, -0.05) is 67.9 Å². The van der Waals surface area contributed by atoms with Crippen LogP contribution in [0.15, 0.2) is 54.6 Å². The van der Waals surface area contributed by atoms with E-state index in [1.54, 1.807) is 0 Å². The first kappa shape index (κ1) is 15.7. The highest BCUT2D eigenvalue weighted by Crippen LogP contribution is 2.20. The Morgan fingerprint density at radius 2 is 1.52 bits per heavy atom. The summed E-state index contributed by atoms with van der Waals surface area (Å²) in [5.74, 6) is -0.0776. The van der Waals surface area contributed by atoms with E-state index in [-0.39, 0.29) is 12.4 Å². The van der Waals surface area contributed by atoms with Crippen molar-refractivity contribution in [3.63, 3.8) is 0 Å². The smallest absolute Gasteiger partial charge is 0.270 e. The fourth-order valence-electron chi connectivity index (χ4n) is 2.00. The fourth-order valence-corrected chi connectivity index (χ4v) is 3.06. The Bertz CT molecular complexity index is 646. The van der Waals surface area contributed by atoms with Crippen LogP contribution in [0.25, 0.3) is 11.1 Å². The summed E-state index contributed by atoms with van der Waals surface area (Å²) in [6, 6.07) is 17.5. The Labute approximate surface area is 126 Å². The quantitative estimate of drug-likeness (QED) is 0.573. The summed E-state index contributed by atoms with van der Waals surface area (Å²) in [7, 11) is -3.48. The van der Waals surface area contributed by atoms with Crippen molar-refractivity contribution in [2.75, 3.05) is 6.61 Å². The molecule has 0 N–H and O–H groups in total. The first-order valence-corrected chi connectivity index (χ1v) is 8.70. The number of hydrogen-bond acceptors (Lipinski definition) is 3. The molecule has 0 fully saturated rings. The van der Waals surface area contributed by atoms with E-state index in [9.17, 15) is 8.42 Å². The van der Waals surface area contributed by atoms with Crippen LogP contribution in [-0.4, -0.2) is 15.0 Å². The summed E-state index contributed by atoms with van der Waals surface area (Å²) in [6.45, 7) is 2.26. The Hall–Kier alpha value is -1.65. The predicted molar refractivity (Wildman–Crippen MR) is 85.4 cm³/mol. The zero-order chi connectivity index (χ0) is 15.1. The SMILES string of the molecule is CCCCOS(=O)(=O)Cc1ccc(-c2ccccc2)cc1. The summed E-state index contributed by atoms with van der Waals surface area (Å²) in [4.78, 5) is 0. The van der Waals surface area contributed by atoms with Crippen molar-refractivity contribution < 1.29 is 12.6 Å². The van der Waals surface area contributed by atoms with Crippen LogP contribution in [0, 0.1) is 0 Å². The Kier molecular flexibility index (Phi) is 5.53. The van der Waals surface area contributed by atoms with Gasteiger partial charge < -0.3 is 0 Å². The first-order chi connectivity index (χ1) is 10.1. The second-order valence-electron chi connectivity index (χ2n) is 4.94. The molecular weight excluding hydrogens is 284 g/mol. The lowest BCUT2D eigenvalue weighted by molar-refractivity contribution is 0.310. The highest BCUT2D eigenvalue weighted by molar-refractivity contribution is 7.85. The van der Waals surface area contributed by atoms with Crippen molar-refractivity contribution in [1.82, 2.24) is 0 Å². The van der Waals surface area contributed by atoms with Crippen molar-refractivity contribution in [3.05, 3.63) is 60.2 Å². The second kappa shape index (κ2) is 7.38. The van der Waals surface area contributed by atoms with Gasteiger partial charge in [0.05, 0.1) is 6.61 Å². The molecule has 112 valence electrons. The fraction of sp³-hybridized carbons (Fsp3) is 0.294. The van der Waals surface area contributed by atoms with Gasteiger partial charge in [0.1, 0.15) is 5.75 Å². The minimum atomic E-state index is -3.48. The molecule has 0 aliphatic rings. The van der Waals surface area contributed by atoms with Crippen molar-refractivity contribution in [2.24, 2.45) is 0 Å². The summed E-state index contributed by atoms with van der Waals surface area (Å²) < 4.78 is 28.6. The summed E-state index contributed by atoms with van der Waals surface area (Å²) in [5, 5.41) is 0. The molecule has 0 atom stereocenters. The highest BCUT2D eigenvalue weighted by atomic mass is 32.2. The van der Waals surface area contributed by atoms with Crippen LogP contribution in [0.3, 0.4) is 0 Å². The van der Waals surface area contributed by atoms with E-state index in [1.807, 2.05) is 61.5 Å². The van der Waals surface area contributed by atoms with E-state index < -0.39 is 10.1 Å². The van der Waals surface area contributed by atoms with Crippen LogP contribution in [0.2, 0.25) is 0 Å². The standard InChI is InChI=1S/C17H20O3S/c1-2-3-13-20-21(18,19)14-15-9-11-17(12-10-15)16-7-5-4-6-8-16/h4-12H,2-3,13-14H2,1H3. The monoisotopic (exact) mass is 304 g/mol. The zero-order valence-electron chi connectivity index (χ0n) is 12.2. The van der Waals surface area contributed by atoms with Crippen LogP contribution in [0.5, 0.6) is 0 Å². The third-order valence-corrected chi connectivity index (χ3v) is 4.38. The summed E-state index contributed by atoms with van der Waals surface area (Å²) in [5.41, 5.74) is 2.93. The van der Waals surface area contributed by atoms with Crippen LogP contribution < -0.4 is 0 Å². The van der Waals surface area contributed by atoms with E-state index in [1.165, 1.54) is 0 Å². The van der Waals surface area contributed by atoms with Gasteiger partial charge in [0.25, 0.3) is 10.1 Å². The van der Waals surface area contributed by atoms with Crippen molar-refractivity contribution in [1.29, 1.82) is 0 Å². The second-order valence-corrected chi connectivity index (χ2v) is 6.58. The number of hydrogen-bond donors (Lipinski definition) is 0. The molecule has 0 spiro atoms. The predicted octanol–water partition coefficient (Wildman–Crippen LogP) is 4.00. The van der Waals surface area contributed by atoms with Crippen LogP contribution in [0.4, 0.5) is 0 Å². The molecule has 0 aromatic heterocycles. The normalized spacial score (nSPS) is 11.5. The average molecular weight is 304 g/mol. The van der Waals surface area contributed by atoms with E-state index in [0.29, 0.717) is 0 Å². The van der Waals surface area contributed by atoms with E-state index in [4.69, 9.17) is 4.18 Å². The Morgan fingerprint density at radius 1 is 0.905 bits per heavy atom. The van der Waals surface area contributed by atoms with Gasteiger partial charge in [-0.15, -0.1) is 0 Å². The lowest BCUT2D eigenvalue weighted by atomic mass is 10.0. The molecule has 4 heteroatoms. The summed E-state index contributed by atoms with van der Waals surface area (Å²) in [6.07, 6.45) is 1.67. The minimum absolute atomic E-state index is 0.0776. The van der Waals surface area contributed by atoms with Gasteiger partial charge in [0.2, 0.25) is 0 Å². The molecule has 0 aliphatic heterocycles. The molecule has 0 saturated carbocycles. The lowest BCUT2D eigenvalue weighted by Gasteiger charge is -2.06. The van der Waals surface area contributed by atoms with Gasteiger partial charge in [-0.25, -0.2) is 0 Å². The molecule has 2 aromatic rings. The van der Waals surface area contributed by atoms with E-state index in [0.717, 1.165) is 29.5 Å². The van der Waals surface area contributed by atoms with Gasteiger partial charge in [-0.2, -0.15) is 8.42 Å². The van der Waals surface area contributed by atoms with Gasteiger partial charge in [-0.05, 0) is 23.1 Å². The number of rotatable bonds is 7.